The van der Waals surface area contributed by atoms with Gasteiger partial charge in [0.15, 0.2) is 11.5 Å². The molecule has 0 saturated heterocycles. The SMILES string of the molecule is CCc1cccc(C)c1NC(=O)/C(=C/c1ccc(OC)c(OC)c1)NC(C)=O. The van der Waals surface area contributed by atoms with Crippen molar-refractivity contribution in [3.63, 3.8) is 0 Å². The molecule has 2 aromatic carbocycles. The van der Waals surface area contributed by atoms with E-state index in [1.165, 1.54) is 14.0 Å². The van der Waals surface area contributed by atoms with Gasteiger partial charge in [0.1, 0.15) is 5.70 Å². The number of carbonyl (C=O) groups is 2. The molecular formula is C22H26N2O4. The van der Waals surface area contributed by atoms with Crippen LogP contribution in [0.4, 0.5) is 5.69 Å². The van der Waals surface area contributed by atoms with Gasteiger partial charge in [0.05, 0.1) is 14.2 Å². The standard InChI is InChI=1S/C22H26N2O4/c1-6-17-9-7-8-14(2)21(17)24-22(26)18(23-15(3)25)12-16-10-11-19(27-4)20(13-16)28-5/h7-13H,6H2,1-5H3,(H,23,25)(H,24,26)/b18-12-. The molecule has 2 amide bonds. The van der Waals surface area contributed by atoms with E-state index in [4.69, 9.17) is 9.47 Å². The Morgan fingerprint density at radius 1 is 1.07 bits per heavy atom. The zero-order valence-electron chi connectivity index (χ0n) is 16.9. The van der Waals surface area contributed by atoms with E-state index in [2.05, 4.69) is 10.6 Å². The Labute approximate surface area is 165 Å². The molecule has 0 aliphatic heterocycles. The second-order valence-electron chi connectivity index (χ2n) is 6.27. The van der Waals surface area contributed by atoms with Crippen molar-refractivity contribution in [1.29, 1.82) is 0 Å². The number of aryl methyl sites for hydroxylation is 2. The van der Waals surface area contributed by atoms with Crippen molar-refractivity contribution in [3.8, 4) is 11.5 Å². The lowest BCUT2D eigenvalue weighted by Gasteiger charge is -2.15. The average molecular weight is 382 g/mol. The maximum absolute atomic E-state index is 12.9. The van der Waals surface area contributed by atoms with Crippen molar-refractivity contribution in [2.45, 2.75) is 27.2 Å². The van der Waals surface area contributed by atoms with Gasteiger partial charge in [-0.25, -0.2) is 0 Å². The van der Waals surface area contributed by atoms with E-state index in [9.17, 15) is 9.59 Å². The molecule has 0 saturated carbocycles. The second-order valence-corrected chi connectivity index (χ2v) is 6.27. The van der Waals surface area contributed by atoms with Gasteiger partial charge >= 0.3 is 0 Å². The fraction of sp³-hybridized carbons (Fsp3) is 0.273. The van der Waals surface area contributed by atoms with Gasteiger partial charge in [-0.3, -0.25) is 9.59 Å². The van der Waals surface area contributed by atoms with Crippen LogP contribution in [0, 0.1) is 6.92 Å². The number of methoxy groups -OCH3 is 2. The first-order valence-corrected chi connectivity index (χ1v) is 9.00. The number of nitrogens with one attached hydrogen (secondary N) is 2. The van der Waals surface area contributed by atoms with Crippen LogP contribution in [0.3, 0.4) is 0 Å². The molecule has 0 heterocycles. The van der Waals surface area contributed by atoms with Crippen molar-refractivity contribution < 1.29 is 19.1 Å². The lowest BCUT2D eigenvalue weighted by Crippen LogP contribution is -2.29. The van der Waals surface area contributed by atoms with E-state index in [1.54, 1.807) is 31.4 Å². The molecule has 0 atom stereocenters. The van der Waals surface area contributed by atoms with Crippen molar-refractivity contribution in [2.24, 2.45) is 0 Å². The van der Waals surface area contributed by atoms with Crippen LogP contribution < -0.4 is 20.1 Å². The summed E-state index contributed by atoms with van der Waals surface area (Å²) in [6.07, 6.45) is 2.38. The summed E-state index contributed by atoms with van der Waals surface area (Å²) in [7, 11) is 3.09. The monoisotopic (exact) mass is 382 g/mol. The Hall–Kier alpha value is -3.28. The zero-order chi connectivity index (χ0) is 20.7. The first-order chi connectivity index (χ1) is 13.4. The van der Waals surface area contributed by atoms with E-state index in [1.807, 2.05) is 32.0 Å². The molecule has 0 aliphatic rings. The van der Waals surface area contributed by atoms with Crippen LogP contribution in [0.1, 0.15) is 30.5 Å². The lowest BCUT2D eigenvalue weighted by atomic mass is 10.1. The van der Waals surface area contributed by atoms with E-state index in [-0.39, 0.29) is 11.6 Å². The molecule has 2 N–H and O–H groups in total. The van der Waals surface area contributed by atoms with Crippen LogP contribution in [0.2, 0.25) is 0 Å². The maximum atomic E-state index is 12.9. The molecular weight excluding hydrogens is 356 g/mol. The van der Waals surface area contributed by atoms with E-state index < -0.39 is 5.91 Å². The third-order valence-electron chi connectivity index (χ3n) is 4.25. The van der Waals surface area contributed by atoms with Crippen molar-refractivity contribution in [1.82, 2.24) is 5.32 Å². The number of hydrogen-bond acceptors (Lipinski definition) is 4. The van der Waals surface area contributed by atoms with Gasteiger partial charge in [0.25, 0.3) is 5.91 Å². The molecule has 0 unspecified atom stereocenters. The number of rotatable bonds is 7. The summed E-state index contributed by atoms with van der Waals surface area (Å²) < 4.78 is 10.5. The molecule has 0 aliphatic carbocycles. The smallest absolute Gasteiger partial charge is 0.272 e. The highest BCUT2D eigenvalue weighted by Gasteiger charge is 2.15. The van der Waals surface area contributed by atoms with Gasteiger partial charge in [0.2, 0.25) is 5.91 Å². The predicted octanol–water partition coefficient (Wildman–Crippen LogP) is 3.69. The number of para-hydroxylation sites is 1. The Bertz CT molecular complexity index is 903. The van der Waals surface area contributed by atoms with Crippen molar-refractivity contribution in [3.05, 3.63) is 58.8 Å². The predicted molar refractivity (Wildman–Crippen MR) is 111 cm³/mol. The zero-order valence-corrected chi connectivity index (χ0v) is 16.9. The quantitative estimate of drug-likeness (QED) is 0.716. The highest BCUT2D eigenvalue weighted by atomic mass is 16.5. The molecule has 148 valence electrons. The molecule has 0 fully saturated rings. The molecule has 0 radical (unpaired) electrons. The Kier molecular flexibility index (Phi) is 7.21. The van der Waals surface area contributed by atoms with Gasteiger partial charge in [-0.05, 0) is 48.2 Å². The number of hydrogen-bond donors (Lipinski definition) is 2. The molecule has 0 aromatic heterocycles. The average Bonchev–Trinajstić information content (AvgIpc) is 2.68. The van der Waals surface area contributed by atoms with Gasteiger partial charge in [0, 0.05) is 12.6 Å². The number of carbonyl (C=O) groups excluding carboxylic acids is 2. The summed E-state index contributed by atoms with van der Waals surface area (Å²) in [6.45, 7) is 5.32. The van der Waals surface area contributed by atoms with Crippen LogP contribution in [-0.4, -0.2) is 26.0 Å². The fourth-order valence-corrected chi connectivity index (χ4v) is 2.84. The van der Waals surface area contributed by atoms with E-state index in [0.717, 1.165) is 23.2 Å². The largest absolute Gasteiger partial charge is 0.493 e. The van der Waals surface area contributed by atoms with Crippen LogP contribution in [0.15, 0.2) is 42.1 Å². The van der Waals surface area contributed by atoms with Gasteiger partial charge in [-0.2, -0.15) is 0 Å². The second kappa shape index (κ2) is 9.60. The number of amides is 2. The van der Waals surface area contributed by atoms with Gasteiger partial charge in [-0.1, -0.05) is 31.2 Å². The molecule has 6 nitrogen and oxygen atoms in total. The van der Waals surface area contributed by atoms with Crippen LogP contribution in [0.25, 0.3) is 6.08 Å². The van der Waals surface area contributed by atoms with Crippen molar-refractivity contribution in [2.75, 3.05) is 19.5 Å². The maximum Gasteiger partial charge on any atom is 0.272 e. The third-order valence-corrected chi connectivity index (χ3v) is 4.25. The minimum absolute atomic E-state index is 0.144. The molecule has 0 spiro atoms. The fourth-order valence-electron chi connectivity index (χ4n) is 2.84. The molecule has 2 aromatic rings. The minimum Gasteiger partial charge on any atom is -0.493 e. The normalized spacial score (nSPS) is 11.0. The summed E-state index contributed by atoms with van der Waals surface area (Å²) in [6, 6.07) is 11.1. The number of benzene rings is 2. The lowest BCUT2D eigenvalue weighted by molar-refractivity contribution is -0.120. The summed E-state index contributed by atoms with van der Waals surface area (Å²) in [5.74, 6) is 0.389. The topological polar surface area (TPSA) is 76.7 Å². The van der Waals surface area contributed by atoms with Crippen molar-refractivity contribution >= 4 is 23.6 Å². The Morgan fingerprint density at radius 2 is 1.79 bits per heavy atom. The molecule has 2 rings (SSSR count). The Morgan fingerprint density at radius 3 is 2.39 bits per heavy atom. The van der Waals surface area contributed by atoms with E-state index >= 15 is 0 Å². The summed E-state index contributed by atoms with van der Waals surface area (Å²) in [5, 5.41) is 5.54. The van der Waals surface area contributed by atoms with Gasteiger partial charge in [-0.15, -0.1) is 0 Å². The molecule has 6 heteroatoms. The molecule has 28 heavy (non-hydrogen) atoms. The van der Waals surface area contributed by atoms with Crippen LogP contribution in [-0.2, 0) is 16.0 Å². The number of ether oxygens (including phenoxy) is 2. The van der Waals surface area contributed by atoms with E-state index in [0.29, 0.717) is 17.1 Å². The van der Waals surface area contributed by atoms with Gasteiger partial charge < -0.3 is 20.1 Å². The number of anilines is 1. The Balaban J connectivity index is 2.40. The third kappa shape index (κ3) is 5.13. The highest BCUT2D eigenvalue weighted by molar-refractivity contribution is 6.09. The summed E-state index contributed by atoms with van der Waals surface area (Å²) in [5.41, 5.74) is 3.59. The van der Waals surface area contributed by atoms with Crippen LogP contribution in [0.5, 0.6) is 11.5 Å². The van der Waals surface area contributed by atoms with Crippen LogP contribution >= 0.6 is 0 Å². The highest BCUT2D eigenvalue weighted by Crippen LogP contribution is 2.28. The minimum atomic E-state index is -0.394. The first kappa shape index (κ1) is 21.0. The molecule has 0 bridgehead atoms. The summed E-state index contributed by atoms with van der Waals surface area (Å²) in [4.78, 5) is 24.5. The summed E-state index contributed by atoms with van der Waals surface area (Å²) >= 11 is 0. The first-order valence-electron chi connectivity index (χ1n) is 9.00.